The Balaban J connectivity index is 2.24. The van der Waals surface area contributed by atoms with Crippen molar-refractivity contribution >= 4 is 0 Å². The Morgan fingerprint density at radius 2 is 2.00 bits per heavy atom. The first-order chi connectivity index (χ1) is 8.19. The quantitative estimate of drug-likeness (QED) is 0.834. The van der Waals surface area contributed by atoms with Crippen molar-refractivity contribution in [3.05, 3.63) is 53.9 Å². The van der Waals surface area contributed by atoms with E-state index < -0.39 is 11.8 Å². The minimum Gasteiger partial charge on any atom is -0.454 e. The summed E-state index contributed by atoms with van der Waals surface area (Å²) in [6.45, 7) is -0.249. The Hall–Kier alpha value is -2.01. The van der Waals surface area contributed by atoms with Crippen LogP contribution in [0.5, 0.6) is 11.5 Å². The predicted octanol–water partition coefficient (Wildman–Crippen LogP) is 2.64. The van der Waals surface area contributed by atoms with Crippen LogP contribution in [0.25, 0.3) is 0 Å². The second-order valence-corrected chi connectivity index (χ2v) is 3.34. The molecule has 0 atom stereocenters. The van der Waals surface area contributed by atoms with Gasteiger partial charge in [0.1, 0.15) is 5.75 Å². The van der Waals surface area contributed by atoms with Crippen LogP contribution in [0.15, 0.2) is 36.5 Å². The number of aromatic nitrogens is 1. The molecule has 0 fully saturated rings. The third kappa shape index (κ3) is 2.76. The lowest BCUT2D eigenvalue weighted by Gasteiger charge is -2.07. The van der Waals surface area contributed by atoms with Gasteiger partial charge in [0.25, 0.3) is 0 Å². The van der Waals surface area contributed by atoms with Crippen LogP contribution in [-0.4, -0.2) is 10.1 Å². The van der Waals surface area contributed by atoms with Crippen molar-refractivity contribution in [3.63, 3.8) is 0 Å². The number of aliphatic hydroxyl groups excluding tert-OH is 1. The fraction of sp³-hybridized carbons (Fsp3) is 0.0833. The summed E-state index contributed by atoms with van der Waals surface area (Å²) < 4.78 is 31.4. The summed E-state index contributed by atoms with van der Waals surface area (Å²) >= 11 is 0. The summed E-state index contributed by atoms with van der Waals surface area (Å²) in [5, 5.41) is 8.81. The lowest BCUT2D eigenvalue weighted by atomic mass is 10.2. The topological polar surface area (TPSA) is 42.4 Å². The fourth-order valence-corrected chi connectivity index (χ4v) is 1.30. The molecule has 0 spiro atoms. The smallest absolute Gasteiger partial charge is 0.216 e. The molecule has 88 valence electrons. The summed E-state index contributed by atoms with van der Waals surface area (Å²) in [6, 6.07) is 6.53. The van der Waals surface area contributed by atoms with E-state index in [4.69, 9.17) is 9.84 Å². The van der Waals surface area contributed by atoms with Gasteiger partial charge >= 0.3 is 0 Å². The van der Waals surface area contributed by atoms with Gasteiger partial charge in [0, 0.05) is 12.3 Å². The molecule has 17 heavy (non-hydrogen) atoms. The van der Waals surface area contributed by atoms with E-state index in [1.54, 1.807) is 0 Å². The van der Waals surface area contributed by atoms with E-state index >= 15 is 0 Å². The first kappa shape index (κ1) is 11.5. The number of hydrogen-bond acceptors (Lipinski definition) is 3. The van der Waals surface area contributed by atoms with Crippen LogP contribution in [0.2, 0.25) is 0 Å². The molecule has 0 saturated carbocycles. The van der Waals surface area contributed by atoms with E-state index in [0.717, 1.165) is 12.1 Å². The Labute approximate surface area is 96.3 Å². The van der Waals surface area contributed by atoms with Gasteiger partial charge in [-0.1, -0.05) is 6.07 Å². The number of hydrogen-bond donors (Lipinski definition) is 1. The van der Waals surface area contributed by atoms with Crippen molar-refractivity contribution in [1.82, 2.24) is 4.98 Å². The number of pyridine rings is 1. The van der Waals surface area contributed by atoms with Crippen molar-refractivity contribution in [2.24, 2.45) is 0 Å². The number of aliphatic hydroxyl groups is 1. The molecule has 0 radical (unpaired) electrons. The third-order valence-electron chi connectivity index (χ3n) is 2.10. The number of benzene rings is 1. The zero-order chi connectivity index (χ0) is 12.3. The molecule has 0 aliphatic rings. The maximum Gasteiger partial charge on any atom is 0.216 e. The molecule has 0 aliphatic heterocycles. The average molecular weight is 237 g/mol. The van der Waals surface area contributed by atoms with Gasteiger partial charge in [-0.25, -0.2) is 9.37 Å². The molecule has 0 amide bonds. The molecular weight excluding hydrogens is 228 g/mol. The van der Waals surface area contributed by atoms with E-state index in [1.807, 2.05) is 0 Å². The molecule has 0 saturated heterocycles. The summed E-state index contributed by atoms with van der Waals surface area (Å²) in [5.41, 5.74) is 0.441. The van der Waals surface area contributed by atoms with E-state index in [1.165, 1.54) is 24.4 Å². The second-order valence-electron chi connectivity index (χ2n) is 3.34. The molecule has 1 heterocycles. The molecule has 5 heteroatoms. The van der Waals surface area contributed by atoms with Crippen LogP contribution in [-0.2, 0) is 6.61 Å². The zero-order valence-corrected chi connectivity index (χ0v) is 8.73. The lowest BCUT2D eigenvalue weighted by Crippen LogP contribution is -1.92. The molecule has 2 rings (SSSR count). The van der Waals surface area contributed by atoms with E-state index in [0.29, 0.717) is 5.56 Å². The molecule has 1 aromatic heterocycles. The van der Waals surface area contributed by atoms with Gasteiger partial charge in [0.05, 0.1) is 6.61 Å². The van der Waals surface area contributed by atoms with E-state index in [2.05, 4.69) is 4.98 Å². The monoisotopic (exact) mass is 237 g/mol. The van der Waals surface area contributed by atoms with Crippen molar-refractivity contribution in [1.29, 1.82) is 0 Å². The minimum absolute atomic E-state index is 0.0344. The Morgan fingerprint density at radius 1 is 1.18 bits per heavy atom. The van der Waals surface area contributed by atoms with Gasteiger partial charge in [-0.15, -0.1) is 0 Å². The van der Waals surface area contributed by atoms with Crippen LogP contribution < -0.4 is 4.74 Å². The van der Waals surface area contributed by atoms with E-state index in [9.17, 15) is 8.78 Å². The predicted molar refractivity (Wildman–Crippen MR) is 56.6 cm³/mol. The van der Waals surface area contributed by atoms with Crippen LogP contribution in [0.4, 0.5) is 8.78 Å². The highest BCUT2D eigenvalue weighted by molar-refractivity contribution is 5.33. The highest BCUT2D eigenvalue weighted by atomic mass is 19.1. The van der Waals surface area contributed by atoms with Gasteiger partial charge in [0.2, 0.25) is 5.95 Å². The summed E-state index contributed by atoms with van der Waals surface area (Å²) in [7, 11) is 0. The largest absolute Gasteiger partial charge is 0.454 e. The first-order valence-corrected chi connectivity index (χ1v) is 4.88. The lowest BCUT2D eigenvalue weighted by molar-refractivity contribution is 0.281. The Bertz CT molecular complexity index is 532. The number of halogens is 2. The highest BCUT2D eigenvalue weighted by Gasteiger charge is 2.06. The Morgan fingerprint density at radius 3 is 2.65 bits per heavy atom. The van der Waals surface area contributed by atoms with Crippen LogP contribution in [0.1, 0.15) is 5.56 Å². The number of ether oxygens (including phenoxy) is 1. The average Bonchev–Trinajstić information content (AvgIpc) is 2.32. The molecule has 1 N–H and O–H groups in total. The van der Waals surface area contributed by atoms with Gasteiger partial charge < -0.3 is 9.84 Å². The molecule has 3 nitrogen and oxygen atoms in total. The van der Waals surface area contributed by atoms with Crippen molar-refractivity contribution in [2.75, 3.05) is 0 Å². The maximum absolute atomic E-state index is 13.5. The third-order valence-corrected chi connectivity index (χ3v) is 2.10. The van der Waals surface area contributed by atoms with Gasteiger partial charge in [-0.3, -0.25) is 0 Å². The summed E-state index contributed by atoms with van der Waals surface area (Å²) in [4.78, 5) is 3.36. The number of nitrogens with zero attached hydrogens (tertiary/aromatic N) is 1. The molecule has 2 aromatic rings. The van der Waals surface area contributed by atoms with Crippen LogP contribution in [0, 0.1) is 11.8 Å². The first-order valence-electron chi connectivity index (χ1n) is 4.88. The fourth-order valence-electron chi connectivity index (χ4n) is 1.30. The SMILES string of the molecule is OCc1ccc(Oc2ccnc(F)c2)c(F)c1. The van der Waals surface area contributed by atoms with Gasteiger partial charge in [-0.2, -0.15) is 4.39 Å². The standard InChI is InChI=1S/C12H9F2NO2/c13-10-5-8(7-16)1-2-11(10)17-9-3-4-15-12(14)6-9/h1-6,16H,7H2. The second kappa shape index (κ2) is 4.88. The molecular formula is C12H9F2NO2. The molecule has 0 aliphatic carbocycles. The van der Waals surface area contributed by atoms with Crippen LogP contribution >= 0.6 is 0 Å². The van der Waals surface area contributed by atoms with Gasteiger partial charge in [0.15, 0.2) is 11.6 Å². The summed E-state index contributed by atoms with van der Waals surface area (Å²) in [6.07, 6.45) is 1.23. The molecule has 0 bridgehead atoms. The van der Waals surface area contributed by atoms with Crippen molar-refractivity contribution < 1.29 is 18.6 Å². The normalized spacial score (nSPS) is 10.3. The van der Waals surface area contributed by atoms with Gasteiger partial charge in [-0.05, 0) is 23.8 Å². The van der Waals surface area contributed by atoms with Crippen LogP contribution in [0.3, 0.4) is 0 Å². The molecule has 1 aromatic carbocycles. The Kier molecular flexibility index (Phi) is 3.30. The van der Waals surface area contributed by atoms with Crippen molar-refractivity contribution in [3.8, 4) is 11.5 Å². The zero-order valence-electron chi connectivity index (χ0n) is 8.73. The minimum atomic E-state index is -0.699. The summed E-state index contributed by atoms with van der Waals surface area (Å²) in [5.74, 6) is -1.19. The molecule has 0 unspecified atom stereocenters. The maximum atomic E-state index is 13.5. The number of rotatable bonds is 3. The van der Waals surface area contributed by atoms with Crippen molar-refractivity contribution in [2.45, 2.75) is 6.61 Å². The highest BCUT2D eigenvalue weighted by Crippen LogP contribution is 2.25. The van der Waals surface area contributed by atoms with E-state index in [-0.39, 0.29) is 18.1 Å².